The Labute approximate surface area is 187 Å². The Morgan fingerprint density at radius 1 is 1.07 bits per heavy atom. The number of fused-ring (bicyclic) bond motifs is 5. The smallest absolute Gasteiger partial charge is 0.0260 e. The number of hydrogen-bond donors (Lipinski definition) is 1. The van der Waals surface area contributed by atoms with Gasteiger partial charge in [-0.05, 0) is 105 Å². The summed E-state index contributed by atoms with van der Waals surface area (Å²) in [6.45, 7) is 12.1. The number of rotatable bonds is 6. The van der Waals surface area contributed by atoms with Crippen molar-refractivity contribution in [3.8, 4) is 0 Å². The molecule has 7 unspecified atom stereocenters. The van der Waals surface area contributed by atoms with E-state index in [-0.39, 0.29) is 5.54 Å². The molecule has 3 saturated carbocycles. The van der Waals surface area contributed by atoms with Gasteiger partial charge >= 0.3 is 0 Å². The van der Waals surface area contributed by atoms with Gasteiger partial charge in [0.1, 0.15) is 0 Å². The molecule has 170 valence electrons. The molecule has 3 fully saturated rings. The normalized spacial score (nSPS) is 45.9. The van der Waals surface area contributed by atoms with E-state index in [0.717, 1.165) is 30.1 Å². The maximum Gasteiger partial charge on any atom is 0.0260 e. The van der Waals surface area contributed by atoms with Crippen LogP contribution in [0.15, 0.2) is 23.8 Å². The Kier molecular flexibility index (Phi) is 6.35. The summed E-state index contributed by atoms with van der Waals surface area (Å²) < 4.78 is 0. The number of unbranched alkanes of at least 4 members (excludes halogenated alkanes) is 1. The van der Waals surface area contributed by atoms with Gasteiger partial charge in [-0.25, -0.2) is 0 Å². The summed E-state index contributed by atoms with van der Waals surface area (Å²) in [5.41, 5.74) is 10.2. The van der Waals surface area contributed by atoms with Gasteiger partial charge in [0, 0.05) is 5.54 Å². The second-order valence-corrected chi connectivity index (χ2v) is 12.6. The highest BCUT2D eigenvalue weighted by molar-refractivity contribution is 5.31. The minimum atomic E-state index is 0.0470. The zero-order valence-corrected chi connectivity index (χ0v) is 20.7. The second-order valence-electron chi connectivity index (χ2n) is 12.6. The van der Waals surface area contributed by atoms with Crippen molar-refractivity contribution in [3.05, 3.63) is 23.8 Å². The lowest BCUT2D eigenvalue weighted by molar-refractivity contribution is -0.0629. The predicted octanol–water partition coefficient (Wildman–Crippen LogP) is 8.06. The Morgan fingerprint density at radius 2 is 1.87 bits per heavy atom. The monoisotopic (exact) mass is 411 g/mol. The van der Waals surface area contributed by atoms with Crippen molar-refractivity contribution in [2.24, 2.45) is 46.2 Å². The average Bonchev–Trinajstić information content (AvgIpc) is 3.03. The van der Waals surface area contributed by atoms with Gasteiger partial charge in [-0.15, -0.1) is 0 Å². The molecule has 2 N–H and O–H groups in total. The summed E-state index contributed by atoms with van der Waals surface area (Å²) in [4.78, 5) is 0. The van der Waals surface area contributed by atoms with Gasteiger partial charge in [-0.2, -0.15) is 0 Å². The van der Waals surface area contributed by atoms with Gasteiger partial charge in [-0.1, -0.05) is 70.8 Å². The summed E-state index contributed by atoms with van der Waals surface area (Å²) in [7, 11) is 0. The van der Waals surface area contributed by atoms with Crippen LogP contribution < -0.4 is 5.73 Å². The van der Waals surface area contributed by atoms with E-state index in [4.69, 9.17) is 5.73 Å². The first-order valence-corrected chi connectivity index (χ1v) is 13.3. The third-order valence-corrected chi connectivity index (χ3v) is 10.6. The fourth-order valence-corrected chi connectivity index (χ4v) is 8.87. The molecule has 0 amide bonds. The Morgan fingerprint density at radius 3 is 2.60 bits per heavy atom. The molecule has 0 radical (unpaired) electrons. The molecular formula is C29H49N. The van der Waals surface area contributed by atoms with Crippen LogP contribution in [-0.4, -0.2) is 5.54 Å². The van der Waals surface area contributed by atoms with Gasteiger partial charge in [0.05, 0.1) is 0 Å². The van der Waals surface area contributed by atoms with Crippen molar-refractivity contribution in [3.63, 3.8) is 0 Å². The predicted molar refractivity (Wildman–Crippen MR) is 130 cm³/mol. The molecular weight excluding hydrogens is 362 g/mol. The number of nitrogens with two attached hydrogens (primary N) is 1. The molecule has 4 rings (SSSR count). The van der Waals surface area contributed by atoms with E-state index in [1.807, 2.05) is 0 Å². The summed E-state index contributed by atoms with van der Waals surface area (Å²) in [6.07, 6.45) is 23.8. The fourth-order valence-electron chi connectivity index (χ4n) is 8.87. The van der Waals surface area contributed by atoms with Crippen molar-refractivity contribution in [1.29, 1.82) is 0 Å². The topological polar surface area (TPSA) is 26.0 Å². The molecule has 0 aliphatic heterocycles. The van der Waals surface area contributed by atoms with Crippen molar-refractivity contribution >= 4 is 0 Å². The highest BCUT2D eigenvalue weighted by atomic mass is 14.9. The fraction of sp³-hybridized carbons (Fsp3) is 0.862. The first kappa shape index (κ1) is 22.6. The van der Waals surface area contributed by atoms with Crippen molar-refractivity contribution in [1.82, 2.24) is 0 Å². The highest BCUT2D eigenvalue weighted by Crippen LogP contribution is 2.67. The van der Waals surface area contributed by atoms with Crippen LogP contribution in [0.2, 0.25) is 0 Å². The molecule has 4 aliphatic rings. The quantitative estimate of drug-likeness (QED) is 0.347. The lowest BCUT2D eigenvalue weighted by atomic mass is 9.44. The zero-order valence-electron chi connectivity index (χ0n) is 20.7. The zero-order chi connectivity index (χ0) is 21.6. The standard InChI is InChI=1S/C29H49N/c1-6-9-22-14-17-28(5)24(20-22)15-19-29(30)25-13-12-23(11-8-7-10-21(2)3)27(25,4)18-16-26(28)29/h6,9,15,21-23,25-26H,7-8,10-14,16-20,30H2,1-5H3/b9-6-. The van der Waals surface area contributed by atoms with Crippen LogP contribution in [0.5, 0.6) is 0 Å². The first-order valence-electron chi connectivity index (χ1n) is 13.3. The molecule has 0 heterocycles. The maximum atomic E-state index is 7.52. The molecule has 30 heavy (non-hydrogen) atoms. The molecule has 0 aromatic heterocycles. The van der Waals surface area contributed by atoms with Crippen LogP contribution in [0, 0.1) is 40.4 Å². The summed E-state index contributed by atoms with van der Waals surface area (Å²) in [5, 5.41) is 0. The van der Waals surface area contributed by atoms with Gasteiger partial charge in [0.25, 0.3) is 0 Å². The number of allylic oxidation sites excluding steroid dienone is 3. The summed E-state index contributed by atoms with van der Waals surface area (Å²) in [6, 6.07) is 0. The molecule has 0 saturated heterocycles. The van der Waals surface area contributed by atoms with E-state index in [9.17, 15) is 0 Å². The van der Waals surface area contributed by atoms with E-state index in [2.05, 4.69) is 52.8 Å². The van der Waals surface area contributed by atoms with Crippen molar-refractivity contribution in [2.45, 2.75) is 117 Å². The van der Waals surface area contributed by atoms with E-state index in [0.29, 0.717) is 16.7 Å². The average molecular weight is 412 g/mol. The minimum Gasteiger partial charge on any atom is -0.324 e. The molecule has 4 aliphatic carbocycles. The van der Waals surface area contributed by atoms with Gasteiger partial charge in [0.15, 0.2) is 0 Å². The Bertz CT molecular complexity index is 674. The van der Waals surface area contributed by atoms with Crippen LogP contribution >= 0.6 is 0 Å². The van der Waals surface area contributed by atoms with Crippen LogP contribution in [0.25, 0.3) is 0 Å². The lowest BCUT2D eigenvalue weighted by Gasteiger charge is -2.63. The van der Waals surface area contributed by atoms with Crippen molar-refractivity contribution < 1.29 is 0 Å². The van der Waals surface area contributed by atoms with E-state index < -0.39 is 0 Å². The first-order chi connectivity index (χ1) is 14.2. The molecule has 1 nitrogen and oxygen atoms in total. The molecule has 1 heteroatoms. The maximum absolute atomic E-state index is 7.52. The largest absolute Gasteiger partial charge is 0.324 e. The van der Waals surface area contributed by atoms with E-state index in [1.165, 1.54) is 70.6 Å². The van der Waals surface area contributed by atoms with Gasteiger partial charge < -0.3 is 5.73 Å². The van der Waals surface area contributed by atoms with E-state index in [1.54, 1.807) is 5.57 Å². The Hall–Kier alpha value is -0.560. The van der Waals surface area contributed by atoms with Crippen LogP contribution in [0.1, 0.15) is 112 Å². The summed E-state index contributed by atoms with van der Waals surface area (Å²) >= 11 is 0. The second kappa shape index (κ2) is 8.42. The molecule has 0 spiro atoms. The number of hydrogen-bond acceptors (Lipinski definition) is 1. The van der Waals surface area contributed by atoms with Gasteiger partial charge in [0.2, 0.25) is 0 Å². The molecule has 0 aromatic carbocycles. The minimum absolute atomic E-state index is 0.0470. The lowest BCUT2D eigenvalue weighted by Crippen LogP contribution is -2.65. The molecule has 7 atom stereocenters. The van der Waals surface area contributed by atoms with Gasteiger partial charge in [-0.3, -0.25) is 0 Å². The Balaban J connectivity index is 1.51. The van der Waals surface area contributed by atoms with Crippen molar-refractivity contribution in [2.75, 3.05) is 0 Å². The molecule has 0 aromatic rings. The third kappa shape index (κ3) is 3.66. The SMILES string of the molecule is C/C=C\C1CCC2(C)C(=CCC3(N)C2CCC2(C)C(CCCCC(C)C)CCC23)C1. The van der Waals surface area contributed by atoms with E-state index >= 15 is 0 Å². The van der Waals surface area contributed by atoms with Crippen LogP contribution in [-0.2, 0) is 0 Å². The highest BCUT2D eigenvalue weighted by Gasteiger charge is 2.63. The summed E-state index contributed by atoms with van der Waals surface area (Å²) in [5.74, 6) is 3.97. The third-order valence-electron chi connectivity index (χ3n) is 10.6. The molecule has 0 bridgehead atoms. The van der Waals surface area contributed by atoms with Crippen LogP contribution in [0.4, 0.5) is 0 Å². The van der Waals surface area contributed by atoms with Crippen LogP contribution in [0.3, 0.4) is 0 Å².